The first kappa shape index (κ1) is 22.5. The number of hydrogen-bond acceptors (Lipinski definition) is 8. The third-order valence-corrected chi connectivity index (χ3v) is 6.80. The number of carbonyl (C=O) groups is 1. The molecule has 10 heteroatoms. The van der Waals surface area contributed by atoms with Crippen molar-refractivity contribution < 1.29 is 4.79 Å². The second-order valence-corrected chi connectivity index (χ2v) is 9.45. The fourth-order valence-corrected chi connectivity index (χ4v) is 4.73. The van der Waals surface area contributed by atoms with Gasteiger partial charge in [-0.2, -0.15) is 4.98 Å². The molecule has 4 N–H and O–H groups in total. The Bertz CT molecular complexity index is 1310. The number of carbonyl (C=O) groups excluding carboxylic acids is 1. The molecule has 174 valence electrons. The summed E-state index contributed by atoms with van der Waals surface area (Å²) >= 11 is 7.92. The van der Waals surface area contributed by atoms with Crippen molar-refractivity contribution in [3.8, 4) is 0 Å². The van der Waals surface area contributed by atoms with Gasteiger partial charge in [0, 0.05) is 23.5 Å². The number of piperidine rings is 1. The zero-order chi connectivity index (χ0) is 23.3. The molecular weight excluding hydrogens is 470 g/mol. The fraction of sp³-hybridized carbons (Fsp3) is 0.250. The van der Waals surface area contributed by atoms with E-state index < -0.39 is 0 Å². The Balaban J connectivity index is 1.26. The van der Waals surface area contributed by atoms with Crippen LogP contribution in [0.15, 0.2) is 54.2 Å². The van der Waals surface area contributed by atoms with E-state index in [4.69, 9.17) is 11.6 Å². The number of aromatic nitrogens is 3. The van der Waals surface area contributed by atoms with Crippen molar-refractivity contribution in [2.24, 2.45) is 5.92 Å². The molecule has 3 heterocycles. The number of nitrogens with zero attached hydrogens (tertiary/aromatic N) is 3. The lowest BCUT2D eigenvalue weighted by Gasteiger charge is -2.22. The van der Waals surface area contributed by atoms with E-state index in [1.54, 1.807) is 29.7 Å². The predicted octanol–water partition coefficient (Wildman–Crippen LogP) is 4.96. The number of nitrogens with one attached hydrogen (secondary N) is 4. The summed E-state index contributed by atoms with van der Waals surface area (Å²) in [5.74, 6) is 1.29. The molecule has 0 saturated carbocycles. The molecule has 0 atom stereocenters. The Hall–Kier alpha value is -3.27. The molecule has 1 saturated heterocycles. The van der Waals surface area contributed by atoms with Gasteiger partial charge in [-0.1, -0.05) is 17.7 Å². The Morgan fingerprint density at radius 1 is 1.09 bits per heavy atom. The maximum Gasteiger partial charge on any atom is 0.251 e. The van der Waals surface area contributed by atoms with Crippen molar-refractivity contribution >= 4 is 62.2 Å². The second-order valence-electron chi connectivity index (χ2n) is 8.16. The smallest absolute Gasteiger partial charge is 0.251 e. The van der Waals surface area contributed by atoms with Crippen molar-refractivity contribution in [1.29, 1.82) is 0 Å². The zero-order valence-corrected chi connectivity index (χ0v) is 19.9. The van der Waals surface area contributed by atoms with Crippen LogP contribution >= 0.6 is 22.9 Å². The summed E-state index contributed by atoms with van der Waals surface area (Å²) in [5, 5.41) is 13.2. The van der Waals surface area contributed by atoms with E-state index in [1.807, 2.05) is 35.8 Å². The first-order valence-corrected chi connectivity index (χ1v) is 12.4. The summed E-state index contributed by atoms with van der Waals surface area (Å²) in [6.07, 6.45) is 3.71. The van der Waals surface area contributed by atoms with Crippen LogP contribution in [0, 0.1) is 5.92 Å². The largest absolute Gasteiger partial charge is 0.352 e. The molecule has 1 fully saturated rings. The summed E-state index contributed by atoms with van der Waals surface area (Å²) in [4.78, 5) is 25.8. The molecule has 5 rings (SSSR count). The molecule has 0 radical (unpaired) electrons. The van der Waals surface area contributed by atoms with Gasteiger partial charge in [0.05, 0.1) is 21.9 Å². The van der Waals surface area contributed by atoms with Crippen LogP contribution < -0.4 is 21.3 Å². The van der Waals surface area contributed by atoms with Crippen LogP contribution in [-0.4, -0.2) is 40.5 Å². The molecule has 1 aliphatic heterocycles. The summed E-state index contributed by atoms with van der Waals surface area (Å²) in [7, 11) is 0. The minimum absolute atomic E-state index is 0.0863. The maximum atomic E-state index is 12.7. The molecule has 34 heavy (non-hydrogen) atoms. The number of benzene rings is 2. The highest BCUT2D eigenvalue weighted by Gasteiger charge is 2.15. The van der Waals surface area contributed by atoms with E-state index >= 15 is 0 Å². The molecule has 0 aliphatic carbocycles. The summed E-state index contributed by atoms with van der Waals surface area (Å²) in [5.41, 5.74) is 4.93. The molecule has 0 unspecified atom stereocenters. The van der Waals surface area contributed by atoms with Gasteiger partial charge < -0.3 is 21.3 Å². The van der Waals surface area contributed by atoms with Gasteiger partial charge in [0.15, 0.2) is 5.82 Å². The van der Waals surface area contributed by atoms with Crippen LogP contribution in [0.3, 0.4) is 0 Å². The van der Waals surface area contributed by atoms with Crippen LogP contribution in [0.25, 0.3) is 10.2 Å². The Morgan fingerprint density at radius 2 is 1.94 bits per heavy atom. The molecule has 1 amide bonds. The van der Waals surface area contributed by atoms with Gasteiger partial charge in [-0.05, 0) is 68.2 Å². The van der Waals surface area contributed by atoms with Gasteiger partial charge in [-0.3, -0.25) is 4.79 Å². The van der Waals surface area contributed by atoms with Gasteiger partial charge in [-0.15, -0.1) is 11.3 Å². The lowest BCUT2D eigenvalue weighted by atomic mass is 9.98. The quantitative estimate of drug-likeness (QED) is 0.288. The Kier molecular flexibility index (Phi) is 6.84. The minimum Gasteiger partial charge on any atom is -0.352 e. The average Bonchev–Trinajstić information content (AvgIpc) is 3.33. The first-order valence-electron chi connectivity index (χ1n) is 11.1. The molecular formula is C24H24ClN7OS. The lowest BCUT2D eigenvalue weighted by molar-refractivity contribution is 0.0944. The van der Waals surface area contributed by atoms with Gasteiger partial charge in [0.1, 0.15) is 5.02 Å². The third kappa shape index (κ3) is 5.44. The average molecular weight is 494 g/mol. The number of thiazole rings is 1. The molecule has 0 spiro atoms. The fourth-order valence-electron chi connectivity index (χ4n) is 3.88. The van der Waals surface area contributed by atoms with E-state index in [0.717, 1.165) is 41.8 Å². The van der Waals surface area contributed by atoms with Crippen LogP contribution in [0.4, 0.5) is 23.1 Å². The number of fused-ring (bicyclic) bond motifs is 1. The van der Waals surface area contributed by atoms with E-state index in [2.05, 4.69) is 36.2 Å². The van der Waals surface area contributed by atoms with Gasteiger partial charge >= 0.3 is 0 Å². The summed E-state index contributed by atoms with van der Waals surface area (Å²) in [6, 6.07) is 13.2. The number of halogens is 1. The van der Waals surface area contributed by atoms with Crippen LogP contribution in [-0.2, 0) is 0 Å². The van der Waals surface area contributed by atoms with Crippen molar-refractivity contribution in [3.63, 3.8) is 0 Å². The molecule has 2 aromatic heterocycles. The molecule has 4 aromatic rings. The minimum atomic E-state index is -0.0863. The maximum absolute atomic E-state index is 12.7. The van der Waals surface area contributed by atoms with Gasteiger partial charge in [-0.25, -0.2) is 9.97 Å². The Labute approximate surface area is 206 Å². The number of hydrogen-bond donors (Lipinski definition) is 4. The van der Waals surface area contributed by atoms with Crippen LogP contribution in [0.2, 0.25) is 5.02 Å². The second kappa shape index (κ2) is 10.3. The van der Waals surface area contributed by atoms with E-state index in [0.29, 0.717) is 40.5 Å². The highest BCUT2D eigenvalue weighted by atomic mass is 35.5. The number of amides is 1. The predicted molar refractivity (Wildman–Crippen MR) is 138 cm³/mol. The number of anilines is 4. The van der Waals surface area contributed by atoms with E-state index in [9.17, 15) is 4.79 Å². The summed E-state index contributed by atoms with van der Waals surface area (Å²) < 4.78 is 1.08. The number of rotatable bonds is 7. The lowest BCUT2D eigenvalue weighted by Crippen LogP contribution is -2.35. The monoisotopic (exact) mass is 493 g/mol. The van der Waals surface area contributed by atoms with E-state index in [1.165, 1.54) is 0 Å². The van der Waals surface area contributed by atoms with Crippen molar-refractivity contribution in [3.05, 3.63) is 64.8 Å². The Morgan fingerprint density at radius 3 is 2.82 bits per heavy atom. The zero-order valence-electron chi connectivity index (χ0n) is 18.3. The van der Waals surface area contributed by atoms with Crippen molar-refractivity contribution in [2.75, 3.05) is 30.3 Å². The van der Waals surface area contributed by atoms with Crippen LogP contribution in [0.1, 0.15) is 23.2 Å². The third-order valence-electron chi connectivity index (χ3n) is 5.73. The SMILES string of the molecule is O=C(NCC1CCNCC1)c1cccc(Nc2nc(Nc3ccc4ncsc4c3)ncc2Cl)c1. The van der Waals surface area contributed by atoms with E-state index in [-0.39, 0.29) is 5.91 Å². The first-order chi connectivity index (χ1) is 16.6. The topological polar surface area (TPSA) is 104 Å². The van der Waals surface area contributed by atoms with Crippen LogP contribution in [0.5, 0.6) is 0 Å². The summed E-state index contributed by atoms with van der Waals surface area (Å²) in [6.45, 7) is 2.71. The molecule has 8 nitrogen and oxygen atoms in total. The molecule has 1 aliphatic rings. The highest BCUT2D eigenvalue weighted by molar-refractivity contribution is 7.16. The van der Waals surface area contributed by atoms with Crippen molar-refractivity contribution in [2.45, 2.75) is 12.8 Å². The van der Waals surface area contributed by atoms with Gasteiger partial charge in [0.25, 0.3) is 5.91 Å². The standard InChI is InChI=1S/C24H24ClN7OS/c25-19-13-28-24(31-18-4-5-20-21(11-18)34-14-29-20)32-22(19)30-17-3-1-2-16(10-17)23(33)27-12-15-6-8-26-9-7-15/h1-5,10-11,13-15,26H,6-9,12H2,(H,27,33)(H2,28,30,31,32). The van der Waals surface area contributed by atoms with Crippen molar-refractivity contribution in [1.82, 2.24) is 25.6 Å². The molecule has 0 bridgehead atoms. The highest BCUT2D eigenvalue weighted by Crippen LogP contribution is 2.27. The molecule has 2 aromatic carbocycles. The normalized spacial score (nSPS) is 14.1. The van der Waals surface area contributed by atoms with Gasteiger partial charge in [0.2, 0.25) is 5.95 Å².